The SMILES string of the molecule is Cc1ccc(OCC2CCCCN2C)nn1. The van der Waals surface area contributed by atoms with Crippen LogP contribution in [0, 0.1) is 6.92 Å². The molecule has 0 amide bonds. The Morgan fingerprint density at radius 1 is 1.38 bits per heavy atom. The van der Waals surface area contributed by atoms with E-state index in [0.717, 1.165) is 5.69 Å². The zero-order chi connectivity index (χ0) is 11.4. The molecule has 0 radical (unpaired) electrons. The third-order valence-corrected chi connectivity index (χ3v) is 3.12. The van der Waals surface area contributed by atoms with Crippen LogP contribution in [-0.2, 0) is 0 Å². The summed E-state index contributed by atoms with van der Waals surface area (Å²) in [6.07, 6.45) is 3.82. The summed E-state index contributed by atoms with van der Waals surface area (Å²) in [5.41, 5.74) is 0.919. The largest absolute Gasteiger partial charge is 0.475 e. The van der Waals surface area contributed by atoms with Crippen molar-refractivity contribution in [2.24, 2.45) is 0 Å². The van der Waals surface area contributed by atoms with Crippen LogP contribution in [0.3, 0.4) is 0 Å². The maximum absolute atomic E-state index is 5.66. The average Bonchev–Trinajstić information content (AvgIpc) is 2.30. The topological polar surface area (TPSA) is 38.2 Å². The molecule has 1 aliphatic heterocycles. The molecule has 1 aromatic rings. The van der Waals surface area contributed by atoms with Crippen LogP contribution in [0.4, 0.5) is 0 Å². The summed E-state index contributed by atoms with van der Waals surface area (Å²) >= 11 is 0. The van der Waals surface area contributed by atoms with Gasteiger partial charge in [-0.15, -0.1) is 5.10 Å². The minimum absolute atomic E-state index is 0.525. The fraction of sp³-hybridized carbons (Fsp3) is 0.667. The molecule has 0 spiro atoms. The average molecular weight is 221 g/mol. The van der Waals surface area contributed by atoms with Crippen LogP contribution in [0.2, 0.25) is 0 Å². The molecule has 1 aliphatic rings. The highest BCUT2D eigenvalue weighted by Gasteiger charge is 2.19. The Morgan fingerprint density at radius 2 is 2.25 bits per heavy atom. The van der Waals surface area contributed by atoms with Crippen LogP contribution in [0.15, 0.2) is 12.1 Å². The van der Waals surface area contributed by atoms with Gasteiger partial charge in [-0.2, -0.15) is 5.10 Å². The molecule has 0 aliphatic carbocycles. The minimum atomic E-state index is 0.525. The summed E-state index contributed by atoms with van der Waals surface area (Å²) in [6.45, 7) is 3.81. The lowest BCUT2D eigenvalue weighted by Crippen LogP contribution is -2.40. The number of aromatic nitrogens is 2. The number of rotatable bonds is 3. The zero-order valence-electron chi connectivity index (χ0n) is 10.0. The van der Waals surface area contributed by atoms with E-state index in [1.807, 2.05) is 19.1 Å². The van der Waals surface area contributed by atoms with Crippen LogP contribution in [-0.4, -0.2) is 41.3 Å². The normalized spacial score (nSPS) is 22.0. The molecular formula is C12H19N3O. The van der Waals surface area contributed by atoms with Gasteiger partial charge in [-0.25, -0.2) is 0 Å². The van der Waals surface area contributed by atoms with E-state index in [1.54, 1.807) is 0 Å². The molecular weight excluding hydrogens is 202 g/mol. The molecule has 0 aromatic carbocycles. The van der Waals surface area contributed by atoms with Gasteiger partial charge in [-0.05, 0) is 39.4 Å². The lowest BCUT2D eigenvalue weighted by Gasteiger charge is -2.31. The summed E-state index contributed by atoms with van der Waals surface area (Å²) in [4.78, 5) is 2.37. The fourth-order valence-corrected chi connectivity index (χ4v) is 2.00. The Bertz CT molecular complexity index is 326. The van der Waals surface area contributed by atoms with Gasteiger partial charge in [0.05, 0.1) is 5.69 Å². The van der Waals surface area contributed by atoms with Gasteiger partial charge < -0.3 is 9.64 Å². The lowest BCUT2D eigenvalue weighted by molar-refractivity contribution is 0.122. The predicted molar refractivity (Wildman–Crippen MR) is 62.5 cm³/mol. The molecule has 88 valence electrons. The van der Waals surface area contributed by atoms with E-state index >= 15 is 0 Å². The molecule has 4 nitrogen and oxygen atoms in total. The standard InChI is InChI=1S/C12H19N3O/c1-10-6-7-12(14-13-10)16-9-11-5-3-4-8-15(11)2/h6-7,11H,3-5,8-9H2,1-2H3. The van der Waals surface area contributed by atoms with Crippen LogP contribution < -0.4 is 4.74 Å². The summed E-state index contributed by atoms with van der Waals surface area (Å²) in [5, 5.41) is 7.97. The molecule has 2 heterocycles. The second kappa shape index (κ2) is 5.25. The number of likely N-dealkylation sites (tertiary alicyclic amines) is 1. The molecule has 0 N–H and O–H groups in total. The molecule has 2 rings (SSSR count). The van der Waals surface area contributed by atoms with Crippen molar-refractivity contribution in [1.82, 2.24) is 15.1 Å². The van der Waals surface area contributed by atoms with Crippen molar-refractivity contribution in [3.05, 3.63) is 17.8 Å². The number of piperidine rings is 1. The van der Waals surface area contributed by atoms with Gasteiger partial charge in [0.15, 0.2) is 0 Å². The van der Waals surface area contributed by atoms with Crippen molar-refractivity contribution in [3.63, 3.8) is 0 Å². The van der Waals surface area contributed by atoms with Gasteiger partial charge in [0.2, 0.25) is 5.88 Å². The zero-order valence-corrected chi connectivity index (χ0v) is 10.0. The number of hydrogen-bond donors (Lipinski definition) is 0. The Balaban J connectivity index is 1.84. The number of likely N-dealkylation sites (N-methyl/N-ethyl adjacent to an activating group) is 1. The molecule has 1 fully saturated rings. The first-order valence-electron chi connectivity index (χ1n) is 5.89. The Morgan fingerprint density at radius 3 is 2.94 bits per heavy atom. The molecule has 16 heavy (non-hydrogen) atoms. The number of ether oxygens (including phenoxy) is 1. The van der Waals surface area contributed by atoms with Crippen molar-refractivity contribution in [2.75, 3.05) is 20.2 Å². The van der Waals surface area contributed by atoms with E-state index in [0.29, 0.717) is 18.5 Å². The van der Waals surface area contributed by atoms with Gasteiger partial charge in [0.25, 0.3) is 0 Å². The lowest BCUT2D eigenvalue weighted by atomic mass is 10.0. The molecule has 1 aromatic heterocycles. The van der Waals surface area contributed by atoms with Crippen LogP contribution in [0.1, 0.15) is 25.0 Å². The summed E-state index contributed by atoms with van der Waals surface area (Å²) in [5.74, 6) is 0.629. The van der Waals surface area contributed by atoms with E-state index in [1.165, 1.54) is 25.8 Å². The van der Waals surface area contributed by atoms with Gasteiger partial charge in [0.1, 0.15) is 6.61 Å². The Labute approximate surface area is 96.6 Å². The quantitative estimate of drug-likeness (QED) is 0.778. The first kappa shape index (κ1) is 11.3. The van der Waals surface area contributed by atoms with Crippen molar-refractivity contribution >= 4 is 0 Å². The van der Waals surface area contributed by atoms with Gasteiger partial charge in [-0.1, -0.05) is 6.42 Å². The highest BCUT2D eigenvalue weighted by Crippen LogP contribution is 2.16. The van der Waals surface area contributed by atoms with Crippen molar-refractivity contribution < 1.29 is 4.74 Å². The minimum Gasteiger partial charge on any atom is -0.475 e. The van der Waals surface area contributed by atoms with Gasteiger partial charge >= 0.3 is 0 Å². The van der Waals surface area contributed by atoms with E-state index in [-0.39, 0.29) is 0 Å². The molecule has 1 atom stereocenters. The second-order valence-electron chi connectivity index (χ2n) is 4.45. The second-order valence-corrected chi connectivity index (χ2v) is 4.45. The van der Waals surface area contributed by atoms with E-state index in [9.17, 15) is 0 Å². The van der Waals surface area contributed by atoms with Gasteiger partial charge in [0, 0.05) is 12.1 Å². The first-order chi connectivity index (χ1) is 7.75. The molecule has 4 heteroatoms. The molecule has 0 saturated carbocycles. The maximum Gasteiger partial charge on any atom is 0.233 e. The van der Waals surface area contributed by atoms with Crippen LogP contribution >= 0.6 is 0 Å². The summed E-state index contributed by atoms with van der Waals surface area (Å²) in [6, 6.07) is 4.33. The van der Waals surface area contributed by atoms with E-state index in [2.05, 4.69) is 22.1 Å². The van der Waals surface area contributed by atoms with Crippen LogP contribution in [0.25, 0.3) is 0 Å². The maximum atomic E-state index is 5.66. The molecule has 0 bridgehead atoms. The Kier molecular flexibility index (Phi) is 3.72. The highest BCUT2D eigenvalue weighted by atomic mass is 16.5. The predicted octanol–water partition coefficient (Wildman–Crippen LogP) is 1.65. The summed E-state index contributed by atoms with van der Waals surface area (Å²) in [7, 11) is 2.16. The highest BCUT2D eigenvalue weighted by molar-refractivity contribution is 5.10. The third-order valence-electron chi connectivity index (χ3n) is 3.12. The van der Waals surface area contributed by atoms with Crippen molar-refractivity contribution in [1.29, 1.82) is 0 Å². The van der Waals surface area contributed by atoms with E-state index in [4.69, 9.17) is 4.74 Å². The van der Waals surface area contributed by atoms with Crippen molar-refractivity contribution in [2.45, 2.75) is 32.2 Å². The first-order valence-corrected chi connectivity index (χ1v) is 5.89. The smallest absolute Gasteiger partial charge is 0.233 e. The van der Waals surface area contributed by atoms with Crippen molar-refractivity contribution in [3.8, 4) is 5.88 Å². The number of nitrogens with zero attached hydrogens (tertiary/aromatic N) is 3. The van der Waals surface area contributed by atoms with E-state index < -0.39 is 0 Å². The summed E-state index contributed by atoms with van der Waals surface area (Å²) < 4.78 is 5.66. The number of hydrogen-bond acceptors (Lipinski definition) is 4. The molecule has 1 saturated heterocycles. The Hall–Kier alpha value is -1.16. The van der Waals surface area contributed by atoms with Crippen LogP contribution in [0.5, 0.6) is 5.88 Å². The monoisotopic (exact) mass is 221 g/mol. The number of aryl methyl sites for hydroxylation is 1. The van der Waals surface area contributed by atoms with Gasteiger partial charge in [-0.3, -0.25) is 0 Å². The third kappa shape index (κ3) is 2.92. The fourth-order valence-electron chi connectivity index (χ4n) is 2.00. The molecule has 1 unspecified atom stereocenters.